The molecular formula is C23H38N4O2. The number of nitrogens with zero attached hydrogens (tertiary/aromatic N) is 1. The number of hydrogen-bond donors (Lipinski definition) is 3. The van der Waals surface area contributed by atoms with E-state index in [9.17, 15) is 9.59 Å². The Morgan fingerprint density at radius 1 is 0.897 bits per heavy atom. The summed E-state index contributed by atoms with van der Waals surface area (Å²) in [5.41, 5.74) is 0.0699. The van der Waals surface area contributed by atoms with Crippen molar-refractivity contribution in [3.05, 3.63) is 0 Å². The molecular weight excluding hydrogens is 364 g/mol. The van der Waals surface area contributed by atoms with Gasteiger partial charge in [-0.1, -0.05) is 19.3 Å². The standard InChI is InChI=1S/C23H38N4O2/c28-21(26-23-11-17-8-18(12-23)10-19(9-17)13-23)24-14-16-6-7-27(15-16)22(29)25-20-4-2-1-3-5-20/h16-20H,1-15H2,(H,25,29)(H2,24,26,28). The Morgan fingerprint density at radius 2 is 1.55 bits per heavy atom. The first-order chi connectivity index (χ1) is 14.1. The van der Waals surface area contributed by atoms with Crippen LogP contribution in [0.15, 0.2) is 0 Å². The van der Waals surface area contributed by atoms with Crippen LogP contribution in [0.5, 0.6) is 0 Å². The van der Waals surface area contributed by atoms with E-state index in [4.69, 9.17) is 0 Å². The zero-order valence-electron chi connectivity index (χ0n) is 17.8. The molecule has 5 saturated carbocycles. The first-order valence-electron chi connectivity index (χ1n) is 12.2. The van der Waals surface area contributed by atoms with Crippen molar-refractivity contribution in [1.82, 2.24) is 20.9 Å². The molecule has 4 bridgehead atoms. The second kappa shape index (κ2) is 7.99. The smallest absolute Gasteiger partial charge is 0.317 e. The van der Waals surface area contributed by atoms with Crippen LogP contribution in [0, 0.1) is 23.7 Å². The number of carbonyl (C=O) groups excluding carboxylic acids is 2. The molecule has 1 heterocycles. The lowest BCUT2D eigenvalue weighted by molar-refractivity contribution is -0.0135. The highest BCUT2D eigenvalue weighted by Crippen LogP contribution is 2.55. The molecule has 1 atom stereocenters. The Hall–Kier alpha value is -1.46. The summed E-state index contributed by atoms with van der Waals surface area (Å²) < 4.78 is 0. The molecule has 0 spiro atoms. The predicted octanol–water partition coefficient (Wildman–Crippen LogP) is 3.62. The predicted molar refractivity (Wildman–Crippen MR) is 113 cm³/mol. The summed E-state index contributed by atoms with van der Waals surface area (Å²) in [6, 6.07) is 0.467. The monoisotopic (exact) mass is 402 g/mol. The molecule has 0 radical (unpaired) electrons. The van der Waals surface area contributed by atoms with Crippen molar-refractivity contribution in [2.45, 2.75) is 88.6 Å². The summed E-state index contributed by atoms with van der Waals surface area (Å²) in [6.07, 6.45) is 14.7. The highest BCUT2D eigenvalue weighted by atomic mass is 16.2. The van der Waals surface area contributed by atoms with Gasteiger partial charge in [0.25, 0.3) is 0 Å². The van der Waals surface area contributed by atoms with Gasteiger partial charge < -0.3 is 20.9 Å². The van der Waals surface area contributed by atoms with Crippen LogP contribution in [0.2, 0.25) is 0 Å². The van der Waals surface area contributed by atoms with E-state index in [2.05, 4.69) is 16.0 Å². The number of hydrogen-bond acceptors (Lipinski definition) is 2. The molecule has 1 saturated heterocycles. The van der Waals surface area contributed by atoms with Gasteiger partial charge in [-0.15, -0.1) is 0 Å². The van der Waals surface area contributed by atoms with Gasteiger partial charge in [0.2, 0.25) is 0 Å². The van der Waals surface area contributed by atoms with Crippen molar-refractivity contribution in [3.63, 3.8) is 0 Å². The molecule has 0 aromatic rings. The van der Waals surface area contributed by atoms with E-state index in [1.807, 2.05) is 4.90 Å². The first kappa shape index (κ1) is 19.5. The van der Waals surface area contributed by atoms with Gasteiger partial charge in [-0.3, -0.25) is 0 Å². The maximum atomic E-state index is 12.6. The lowest BCUT2D eigenvalue weighted by atomic mass is 9.53. The fraction of sp³-hybridized carbons (Fsp3) is 0.913. The van der Waals surface area contributed by atoms with Gasteiger partial charge in [0, 0.05) is 31.2 Å². The number of likely N-dealkylation sites (tertiary alicyclic amines) is 1. The Morgan fingerprint density at radius 3 is 2.21 bits per heavy atom. The van der Waals surface area contributed by atoms with Crippen molar-refractivity contribution < 1.29 is 9.59 Å². The van der Waals surface area contributed by atoms with E-state index in [1.165, 1.54) is 57.8 Å². The number of nitrogens with one attached hydrogen (secondary N) is 3. The molecule has 1 unspecified atom stereocenters. The number of amides is 4. The van der Waals surface area contributed by atoms with Gasteiger partial charge >= 0.3 is 12.1 Å². The second-order valence-corrected chi connectivity index (χ2v) is 10.9. The molecule has 1 aliphatic heterocycles. The van der Waals surface area contributed by atoms with E-state index in [-0.39, 0.29) is 17.6 Å². The van der Waals surface area contributed by atoms with Gasteiger partial charge in [0.05, 0.1) is 0 Å². The van der Waals surface area contributed by atoms with E-state index >= 15 is 0 Å². The third-order valence-corrected chi connectivity index (χ3v) is 8.47. The quantitative estimate of drug-likeness (QED) is 0.672. The van der Waals surface area contributed by atoms with Gasteiger partial charge in [0.1, 0.15) is 0 Å². The Labute approximate surface area is 174 Å². The number of rotatable bonds is 4. The van der Waals surface area contributed by atoms with Crippen molar-refractivity contribution in [1.29, 1.82) is 0 Å². The molecule has 6 rings (SSSR count). The van der Waals surface area contributed by atoms with E-state index in [0.29, 0.717) is 18.5 Å². The molecule has 3 N–H and O–H groups in total. The van der Waals surface area contributed by atoms with Gasteiger partial charge in [-0.25, -0.2) is 9.59 Å². The van der Waals surface area contributed by atoms with Crippen LogP contribution >= 0.6 is 0 Å². The van der Waals surface area contributed by atoms with E-state index in [0.717, 1.165) is 50.1 Å². The fourth-order valence-electron chi connectivity index (χ4n) is 7.48. The zero-order valence-corrected chi connectivity index (χ0v) is 17.8. The summed E-state index contributed by atoms with van der Waals surface area (Å²) in [5, 5.41) is 9.74. The van der Waals surface area contributed by atoms with Crippen LogP contribution in [0.3, 0.4) is 0 Å². The van der Waals surface area contributed by atoms with Crippen molar-refractivity contribution in [2.75, 3.05) is 19.6 Å². The van der Waals surface area contributed by atoms with Crippen LogP contribution in [0.4, 0.5) is 9.59 Å². The normalized spacial score (nSPS) is 38.8. The molecule has 6 fully saturated rings. The zero-order chi connectivity index (χ0) is 19.8. The molecule has 6 heteroatoms. The van der Waals surface area contributed by atoms with Crippen LogP contribution < -0.4 is 16.0 Å². The summed E-state index contributed by atoms with van der Waals surface area (Å²) in [7, 11) is 0. The average molecular weight is 403 g/mol. The molecule has 5 aliphatic carbocycles. The minimum absolute atomic E-state index is 0.0112. The van der Waals surface area contributed by atoms with Gasteiger partial charge in [-0.05, 0) is 81.5 Å². The largest absolute Gasteiger partial charge is 0.338 e. The summed E-state index contributed by atoms with van der Waals surface area (Å²) in [4.78, 5) is 27.1. The van der Waals surface area contributed by atoms with Crippen molar-refractivity contribution in [2.24, 2.45) is 23.7 Å². The van der Waals surface area contributed by atoms with Crippen molar-refractivity contribution >= 4 is 12.1 Å². The molecule has 6 aliphatic rings. The lowest BCUT2D eigenvalue weighted by Gasteiger charge is -2.56. The SMILES string of the molecule is O=C(NCC1CCN(C(=O)NC2CCCCC2)C1)NC12CC3CC(CC(C3)C1)C2. The topological polar surface area (TPSA) is 73.5 Å². The van der Waals surface area contributed by atoms with Crippen LogP contribution in [-0.2, 0) is 0 Å². The molecule has 4 amide bonds. The minimum Gasteiger partial charge on any atom is -0.338 e. The van der Waals surface area contributed by atoms with Crippen LogP contribution in [-0.4, -0.2) is 48.2 Å². The molecule has 0 aromatic carbocycles. The van der Waals surface area contributed by atoms with Crippen LogP contribution in [0.25, 0.3) is 0 Å². The highest BCUT2D eigenvalue weighted by molar-refractivity contribution is 5.75. The van der Waals surface area contributed by atoms with Crippen molar-refractivity contribution in [3.8, 4) is 0 Å². The molecule has 6 nitrogen and oxygen atoms in total. The molecule has 29 heavy (non-hydrogen) atoms. The fourth-order valence-corrected chi connectivity index (χ4v) is 7.48. The summed E-state index contributed by atoms with van der Waals surface area (Å²) in [6.45, 7) is 2.24. The highest BCUT2D eigenvalue weighted by Gasteiger charge is 2.51. The number of carbonyl (C=O) groups is 2. The molecule has 162 valence electrons. The Bertz CT molecular complexity index is 595. The summed E-state index contributed by atoms with van der Waals surface area (Å²) >= 11 is 0. The summed E-state index contributed by atoms with van der Waals surface area (Å²) in [5.74, 6) is 2.89. The van der Waals surface area contributed by atoms with Gasteiger partial charge in [0.15, 0.2) is 0 Å². The molecule has 0 aromatic heterocycles. The first-order valence-corrected chi connectivity index (χ1v) is 12.2. The minimum atomic E-state index is 0.0112. The van der Waals surface area contributed by atoms with E-state index in [1.54, 1.807) is 0 Å². The maximum absolute atomic E-state index is 12.6. The van der Waals surface area contributed by atoms with Crippen LogP contribution in [0.1, 0.15) is 77.0 Å². The maximum Gasteiger partial charge on any atom is 0.317 e. The van der Waals surface area contributed by atoms with Gasteiger partial charge in [-0.2, -0.15) is 0 Å². The Balaban J connectivity index is 1.05. The third kappa shape index (κ3) is 4.36. The number of urea groups is 2. The Kier molecular flexibility index (Phi) is 5.37. The van der Waals surface area contributed by atoms with E-state index < -0.39 is 0 Å². The third-order valence-electron chi connectivity index (χ3n) is 8.47. The average Bonchev–Trinajstić information content (AvgIpc) is 3.15. The lowest BCUT2D eigenvalue weighted by Crippen LogP contribution is -2.61. The second-order valence-electron chi connectivity index (χ2n) is 10.9.